The third kappa shape index (κ3) is 12.1. The Morgan fingerprint density at radius 3 is 1.74 bits per heavy atom. The Hall–Kier alpha value is -3.18. The van der Waals surface area contributed by atoms with Gasteiger partial charge in [0.25, 0.3) is 0 Å². The fraction of sp³-hybridized carbons (Fsp3) is 0.474. The van der Waals surface area contributed by atoms with Crippen LogP contribution in [-0.2, 0) is 25.5 Å². The van der Waals surface area contributed by atoms with Gasteiger partial charge in [-0.3, -0.25) is 9.59 Å². The van der Waals surface area contributed by atoms with E-state index < -0.39 is 13.7 Å². The van der Waals surface area contributed by atoms with Crippen LogP contribution in [-0.4, -0.2) is 32.2 Å². The Morgan fingerprint density at radius 1 is 0.721 bits per heavy atom. The van der Waals surface area contributed by atoms with Gasteiger partial charge < -0.3 is 9.47 Å². The minimum absolute atomic E-state index is 0.182. The molecule has 0 N–H and O–H groups in total. The van der Waals surface area contributed by atoms with Gasteiger partial charge in [0.2, 0.25) is 0 Å². The number of carbonyl (C=O) groups excluding carboxylic acids is 2. The summed E-state index contributed by atoms with van der Waals surface area (Å²) in [6.45, 7) is 15.1. The lowest BCUT2D eigenvalue weighted by atomic mass is 9.86. The molecule has 0 saturated carbocycles. The van der Waals surface area contributed by atoms with E-state index in [9.17, 15) is 9.59 Å². The Labute approximate surface area is 261 Å². The maximum absolute atomic E-state index is 13.4. The van der Waals surface area contributed by atoms with Crippen molar-refractivity contribution in [2.75, 3.05) is 6.61 Å². The van der Waals surface area contributed by atoms with Crippen LogP contribution in [0.15, 0.2) is 78.9 Å². The molecule has 43 heavy (non-hydrogen) atoms. The number of hydrogen-bond donors (Lipinski definition) is 0. The molecule has 0 aromatic heterocycles. The van der Waals surface area contributed by atoms with Crippen LogP contribution in [0.3, 0.4) is 0 Å². The summed E-state index contributed by atoms with van der Waals surface area (Å²) in [7, 11) is -1.33. The fourth-order valence-electron chi connectivity index (χ4n) is 5.11. The second-order valence-corrected chi connectivity index (χ2v) is 19.6. The van der Waals surface area contributed by atoms with Gasteiger partial charge in [-0.2, -0.15) is 0 Å². The molecule has 2 atom stereocenters. The molecule has 0 spiro atoms. The van der Waals surface area contributed by atoms with Crippen LogP contribution in [0.25, 0.3) is 22.3 Å². The predicted octanol–water partition coefficient (Wildman–Crippen LogP) is 9.99. The van der Waals surface area contributed by atoms with Gasteiger partial charge in [0.05, 0.1) is 18.4 Å². The van der Waals surface area contributed by atoms with E-state index in [-0.39, 0.29) is 23.8 Å². The first kappa shape index (κ1) is 34.3. The predicted molar refractivity (Wildman–Crippen MR) is 182 cm³/mol. The minimum atomic E-state index is -1.33. The highest BCUT2D eigenvalue weighted by Gasteiger charge is 2.31. The quantitative estimate of drug-likeness (QED) is 0.129. The number of ether oxygens (including phenoxy) is 2. The summed E-state index contributed by atoms with van der Waals surface area (Å²) in [5, 5.41) is 0. The zero-order chi connectivity index (χ0) is 31.5. The lowest BCUT2D eigenvalue weighted by Gasteiger charge is -2.26. The summed E-state index contributed by atoms with van der Waals surface area (Å²) in [5.41, 5.74) is 5.36. The smallest absolute Gasteiger partial charge is 0.309 e. The first-order valence-electron chi connectivity index (χ1n) is 16.0. The molecular formula is C38H52O4Si. The number of hydrogen-bond acceptors (Lipinski definition) is 4. The summed E-state index contributed by atoms with van der Waals surface area (Å²) in [4.78, 5) is 26.5. The van der Waals surface area contributed by atoms with Crippen LogP contribution in [0, 0.1) is 11.8 Å². The molecule has 0 saturated heterocycles. The number of rotatable bonds is 15. The summed E-state index contributed by atoms with van der Waals surface area (Å²) in [6.07, 6.45) is 4.49. The average Bonchev–Trinajstić information content (AvgIpc) is 2.96. The Morgan fingerprint density at radius 2 is 1.23 bits per heavy atom. The molecule has 0 bridgehead atoms. The normalized spacial score (nSPS) is 13.3. The summed E-state index contributed by atoms with van der Waals surface area (Å²) < 4.78 is 11.6. The lowest BCUT2D eigenvalue weighted by molar-refractivity contribution is -0.162. The first-order chi connectivity index (χ1) is 20.3. The van der Waals surface area contributed by atoms with Gasteiger partial charge in [-0.05, 0) is 80.3 Å². The van der Waals surface area contributed by atoms with Gasteiger partial charge in [0, 0.05) is 8.07 Å². The number of aryl methyl sites for hydroxylation is 1. The molecule has 5 heteroatoms. The van der Waals surface area contributed by atoms with Crippen molar-refractivity contribution in [3.05, 3.63) is 84.4 Å². The molecule has 0 aliphatic rings. The highest BCUT2D eigenvalue weighted by molar-refractivity contribution is 6.76. The monoisotopic (exact) mass is 600 g/mol. The highest BCUT2D eigenvalue weighted by atomic mass is 28.3. The average molecular weight is 601 g/mol. The summed E-state index contributed by atoms with van der Waals surface area (Å²) >= 11 is 0. The van der Waals surface area contributed by atoms with E-state index in [0.29, 0.717) is 19.4 Å². The second kappa shape index (κ2) is 16.0. The van der Waals surface area contributed by atoms with Crippen molar-refractivity contribution in [3.8, 4) is 22.3 Å². The zero-order valence-corrected chi connectivity index (χ0v) is 28.5. The Bertz CT molecular complexity index is 1270. The van der Waals surface area contributed by atoms with Crippen molar-refractivity contribution in [2.45, 2.75) is 97.5 Å². The van der Waals surface area contributed by atoms with E-state index in [1.165, 1.54) is 22.3 Å². The van der Waals surface area contributed by atoms with E-state index in [4.69, 9.17) is 9.47 Å². The van der Waals surface area contributed by atoms with Crippen molar-refractivity contribution in [2.24, 2.45) is 11.8 Å². The first-order valence-corrected chi connectivity index (χ1v) is 19.7. The molecule has 0 amide bonds. The maximum Gasteiger partial charge on any atom is 0.309 e. The number of esters is 2. The number of carbonyl (C=O) groups is 2. The molecule has 0 radical (unpaired) electrons. The number of unbranched alkanes of at least 4 members (excludes halogenated alkanes) is 1. The zero-order valence-electron chi connectivity index (χ0n) is 27.5. The van der Waals surface area contributed by atoms with Crippen molar-refractivity contribution in [1.82, 2.24) is 0 Å². The van der Waals surface area contributed by atoms with E-state index in [1.807, 2.05) is 26.8 Å². The largest absolute Gasteiger partial charge is 0.466 e. The van der Waals surface area contributed by atoms with Crippen LogP contribution in [0.4, 0.5) is 0 Å². The van der Waals surface area contributed by atoms with Crippen LogP contribution < -0.4 is 0 Å². The van der Waals surface area contributed by atoms with Gasteiger partial charge in [0.15, 0.2) is 0 Å². The van der Waals surface area contributed by atoms with Gasteiger partial charge >= 0.3 is 11.9 Å². The molecule has 3 aromatic rings. The molecule has 3 rings (SSSR count). The third-order valence-corrected chi connectivity index (χ3v) is 9.41. The van der Waals surface area contributed by atoms with Crippen LogP contribution in [0.5, 0.6) is 0 Å². The van der Waals surface area contributed by atoms with Gasteiger partial charge in [0.1, 0.15) is 5.60 Å². The van der Waals surface area contributed by atoms with E-state index >= 15 is 0 Å². The molecule has 4 nitrogen and oxygen atoms in total. The number of benzene rings is 3. The Balaban J connectivity index is 1.70. The van der Waals surface area contributed by atoms with Gasteiger partial charge in [-0.1, -0.05) is 118 Å². The fourth-order valence-corrected chi connectivity index (χ4v) is 5.82. The SMILES string of the molecule is CCCC[C@@H](C[C@@H](CCc1ccc(-c2ccc(-c3ccccc3)cc2)cc1)C(=O)OCC[Si](C)(C)C)C(=O)OC(C)(C)C. The molecule has 0 fully saturated rings. The minimum Gasteiger partial charge on any atom is -0.466 e. The van der Waals surface area contributed by atoms with Crippen molar-refractivity contribution >= 4 is 20.0 Å². The topological polar surface area (TPSA) is 52.6 Å². The Kier molecular flexibility index (Phi) is 12.8. The van der Waals surface area contributed by atoms with E-state index in [0.717, 1.165) is 37.3 Å². The summed E-state index contributed by atoms with van der Waals surface area (Å²) in [6, 6.07) is 28.6. The van der Waals surface area contributed by atoms with Crippen LogP contribution in [0.2, 0.25) is 25.7 Å². The maximum atomic E-state index is 13.4. The van der Waals surface area contributed by atoms with Crippen LogP contribution >= 0.6 is 0 Å². The summed E-state index contributed by atoms with van der Waals surface area (Å²) in [5.74, 6) is -1.04. The molecule has 0 heterocycles. The molecule has 232 valence electrons. The lowest BCUT2D eigenvalue weighted by Crippen LogP contribution is -2.32. The molecule has 0 aliphatic carbocycles. The van der Waals surface area contributed by atoms with Gasteiger partial charge in [-0.15, -0.1) is 0 Å². The molecule has 3 aromatic carbocycles. The van der Waals surface area contributed by atoms with Crippen molar-refractivity contribution in [3.63, 3.8) is 0 Å². The highest BCUT2D eigenvalue weighted by Crippen LogP contribution is 2.29. The van der Waals surface area contributed by atoms with Crippen molar-refractivity contribution in [1.29, 1.82) is 0 Å². The molecule has 0 aliphatic heterocycles. The van der Waals surface area contributed by atoms with Crippen LogP contribution in [0.1, 0.15) is 65.4 Å². The van der Waals surface area contributed by atoms with E-state index in [1.54, 1.807) is 0 Å². The second-order valence-electron chi connectivity index (χ2n) is 14.0. The standard InChI is InChI=1S/C38H52O4Si/c1-8-9-13-34(37(40)42-38(2,3)4)28-35(36(39)41-26-27-43(5,6)7)21-18-29-16-19-31(20-17-29)33-24-22-32(23-25-33)30-14-11-10-12-15-30/h10-12,14-17,19-20,22-25,34-35H,8-9,13,18,21,26-28H2,1-7H3/t34-,35+/m0/s1. The van der Waals surface area contributed by atoms with E-state index in [2.05, 4.69) is 99.4 Å². The third-order valence-electron chi connectivity index (χ3n) is 7.71. The van der Waals surface area contributed by atoms with Gasteiger partial charge in [-0.25, -0.2) is 0 Å². The van der Waals surface area contributed by atoms with Crippen molar-refractivity contribution < 1.29 is 19.1 Å². The molecule has 0 unspecified atom stereocenters. The molecular weight excluding hydrogens is 549 g/mol.